The number of nitrogens with zero attached hydrogens (tertiary/aromatic N) is 2. The van der Waals surface area contributed by atoms with Crippen molar-refractivity contribution in [3.8, 4) is 20.9 Å². The lowest BCUT2D eigenvalue weighted by molar-refractivity contribution is 0.00870. The summed E-state index contributed by atoms with van der Waals surface area (Å²) in [6, 6.07) is 7.02. The maximum Gasteiger partial charge on any atom is 0.424 e. The highest BCUT2D eigenvalue weighted by Gasteiger charge is 2.44. The minimum absolute atomic E-state index is 0.0229. The van der Waals surface area contributed by atoms with Crippen LogP contribution in [0.4, 0.5) is 9.59 Å². The average molecular weight is 1060 g/mol. The molecule has 1 aliphatic heterocycles. The van der Waals surface area contributed by atoms with Crippen molar-refractivity contribution in [2.45, 2.75) is 169 Å². The number of aryl methyl sites for hydroxylation is 2. The smallest absolute Gasteiger partial charge is 0.424 e. The van der Waals surface area contributed by atoms with Gasteiger partial charge in [0.15, 0.2) is 6.29 Å². The highest BCUT2D eigenvalue weighted by Crippen LogP contribution is 2.48. The van der Waals surface area contributed by atoms with Crippen molar-refractivity contribution in [2.24, 2.45) is 0 Å². The number of carbonyl (C=O) groups excluding carboxylic acids is 6. The second-order valence-electron chi connectivity index (χ2n) is 18.3. The third-order valence-corrected chi connectivity index (χ3v) is 16.0. The second kappa shape index (κ2) is 22.9. The molecular weight excluding hydrogens is 993 g/mol. The molecule has 1 aliphatic rings. The van der Waals surface area contributed by atoms with Gasteiger partial charge in [-0.05, 0) is 146 Å². The van der Waals surface area contributed by atoms with Crippen molar-refractivity contribution < 1.29 is 38.2 Å². The first kappa shape index (κ1) is 52.3. The van der Waals surface area contributed by atoms with Crippen molar-refractivity contribution >= 4 is 102 Å². The van der Waals surface area contributed by atoms with Crippen LogP contribution in [0.3, 0.4) is 0 Å². The van der Waals surface area contributed by atoms with E-state index in [0.717, 1.165) is 113 Å². The van der Waals surface area contributed by atoms with Crippen LogP contribution in [0.1, 0.15) is 198 Å². The molecule has 0 atom stereocenters. The highest BCUT2D eigenvalue weighted by atomic mass is 79.9. The SMILES string of the molecule is CCCCCCc1cc(-c2cc3c4c(c(-c5cc(CCCCCC)c(Br)s5)cc(C(=O)N(C)C(=O)OC(C)(C)CCCC)c4c2C=O)C(=O)N(C(=O)OC(C)(C)CCCC)C3=O)sc1Br. The zero-order chi connectivity index (χ0) is 47.8. The van der Waals surface area contributed by atoms with E-state index < -0.39 is 41.1 Å². The van der Waals surface area contributed by atoms with Gasteiger partial charge in [-0.2, -0.15) is 4.90 Å². The van der Waals surface area contributed by atoms with Crippen LogP contribution in [0.15, 0.2) is 31.8 Å². The molecule has 3 heterocycles. The number of aldehydes is 1. The molecule has 0 fully saturated rings. The van der Waals surface area contributed by atoms with Crippen molar-refractivity contribution in [3.63, 3.8) is 0 Å². The van der Waals surface area contributed by atoms with E-state index in [1.54, 1.807) is 33.8 Å². The van der Waals surface area contributed by atoms with Gasteiger partial charge < -0.3 is 9.47 Å². The number of thiophene rings is 2. The van der Waals surface area contributed by atoms with Gasteiger partial charge in [-0.25, -0.2) is 14.5 Å². The normalized spacial score (nSPS) is 12.9. The molecule has 0 aliphatic carbocycles. The first-order valence-corrected chi connectivity index (χ1v) is 26.4. The molecular formula is C51H64Br2N2O8S2. The lowest BCUT2D eigenvalue weighted by atomic mass is 9.82. The minimum Gasteiger partial charge on any atom is -0.443 e. The Morgan fingerprint density at radius 2 is 1.17 bits per heavy atom. The van der Waals surface area contributed by atoms with Crippen molar-refractivity contribution in [3.05, 3.63) is 65.2 Å². The zero-order valence-corrected chi connectivity index (χ0v) is 44.2. The van der Waals surface area contributed by atoms with E-state index in [-0.39, 0.29) is 38.6 Å². The molecule has 0 bridgehead atoms. The summed E-state index contributed by atoms with van der Waals surface area (Å²) >= 11 is 10.2. The number of ether oxygens (including phenoxy) is 2. The lowest BCUT2D eigenvalue weighted by Gasteiger charge is -2.32. The van der Waals surface area contributed by atoms with Gasteiger partial charge in [0.1, 0.15) is 11.2 Å². The fourth-order valence-electron chi connectivity index (χ4n) is 8.29. The third-order valence-electron chi connectivity index (χ3n) is 12.0. The first-order valence-electron chi connectivity index (χ1n) is 23.2. The molecule has 65 heavy (non-hydrogen) atoms. The largest absolute Gasteiger partial charge is 0.443 e. The van der Waals surface area contributed by atoms with E-state index in [4.69, 9.17) is 9.47 Å². The molecule has 10 nitrogen and oxygen atoms in total. The number of imide groups is 4. The van der Waals surface area contributed by atoms with Gasteiger partial charge in [-0.15, -0.1) is 22.7 Å². The number of carbonyl (C=O) groups is 6. The first-order chi connectivity index (χ1) is 30.8. The van der Waals surface area contributed by atoms with Crippen LogP contribution in [-0.2, 0) is 22.3 Å². The molecule has 5 rings (SSSR count). The maximum atomic E-state index is 15.1. The Hall–Kier alpha value is -3.72. The molecule has 352 valence electrons. The van der Waals surface area contributed by atoms with Crippen molar-refractivity contribution in [1.82, 2.24) is 9.80 Å². The lowest BCUT2D eigenvalue weighted by Crippen LogP contribution is -2.47. The molecule has 5 amide bonds. The Labute approximate surface area is 409 Å². The van der Waals surface area contributed by atoms with Crippen LogP contribution in [0.25, 0.3) is 31.7 Å². The monoisotopic (exact) mass is 1050 g/mol. The number of unbranched alkanes of at least 4 members (excludes halogenated alkanes) is 8. The molecule has 0 saturated heterocycles. The summed E-state index contributed by atoms with van der Waals surface area (Å²) in [6.07, 6.45) is 12.9. The maximum absolute atomic E-state index is 15.1. The number of rotatable bonds is 22. The zero-order valence-electron chi connectivity index (χ0n) is 39.4. The number of amides is 5. The fraction of sp³-hybridized carbons (Fsp3) is 0.529. The quantitative estimate of drug-likeness (QED) is 0.0432. The van der Waals surface area contributed by atoms with Gasteiger partial charge >= 0.3 is 12.2 Å². The summed E-state index contributed by atoms with van der Waals surface area (Å²) in [7, 11) is 1.32. The van der Waals surface area contributed by atoms with E-state index in [1.165, 1.54) is 35.8 Å². The topological polar surface area (TPSA) is 127 Å². The molecule has 0 radical (unpaired) electrons. The average Bonchev–Trinajstić information content (AvgIpc) is 3.83. The van der Waals surface area contributed by atoms with E-state index in [1.807, 2.05) is 26.0 Å². The summed E-state index contributed by atoms with van der Waals surface area (Å²) in [5.74, 6) is -2.67. The number of halogens is 2. The van der Waals surface area contributed by atoms with Crippen LogP contribution in [0.5, 0.6) is 0 Å². The number of benzene rings is 2. The third kappa shape index (κ3) is 12.1. The van der Waals surface area contributed by atoms with Crippen molar-refractivity contribution in [1.29, 1.82) is 0 Å². The number of hydrogen-bond acceptors (Lipinski definition) is 10. The summed E-state index contributed by atoms with van der Waals surface area (Å²) in [4.78, 5) is 89.7. The van der Waals surface area contributed by atoms with Gasteiger partial charge in [0.05, 0.1) is 13.1 Å². The number of hydrogen-bond donors (Lipinski definition) is 0. The van der Waals surface area contributed by atoms with E-state index in [0.29, 0.717) is 39.3 Å². The standard InChI is InChI=1S/C51H64Br2N2O8S2/c1-10-14-18-20-22-31-26-38(64-43(31)52)33-28-36-41-40(37(33)30-56)35(45(57)54(9)48(60)62-50(5,6)24-16-12-3)29-34(39-27-32(44(53)65-39)23-21-19-15-11-2)42(41)47(59)55(46(36)58)49(61)63-51(7,8)25-17-13-4/h26-30H,10-25H2,1-9H3. The summed E-state index contributed by atoms with van der Waals surface area (Å²) in [5.41, 5.74) is 0.693. The van der Waals surface area contributed by atoms with Crippen LogP contribution in [0.2, 0.25) is 0 Å². The molecule has 14 heteroatoms. The molecule has 2 aromatic heterocycles. The molecule has 2 aromatic carbocycles. The van der Waals surface area contributed by atoms with Crippen molar-refractivity contribution in [2.75, 3.05) is 7.05 Å². The Balaban J connectivity index is 1.85. The van der Waals surface area contributed by atoms with Gasteiger partial charge in [0, 0.05) is 55.4 Å². The Bertz CT molecular complexity index is 2430. The predicted octanol–water partition coefficient (Wildman–Crippen LogP) is 15.8. The molecule has 0 spiro atoms. The highest BCUT2D eigenvalue weighted by molar-refractivity contribution is 9.11. The summed E-state index contributed by atoms with van der Waals surface area (Å²) in [5, 5.41) is 0.0824. The summed E-state index contributed by atoms with van der Waals surface area (Å²) < 4.78 is 13.6. The van der Waals surface area contributed by atoms with Crippen LogP contribution >= 0.6 is 54.5 Å². The molecule has 0 N–H and O–H groups in total. The van der Waals surface area contributed by atoms with E-state index in [9.17, 15) is 19.2 Å². The summed E-state index contributed by atoms with van der Waals surface area (Å²) in [6.45, 7) is 15.5. The molecule has 4 aromatic rings. The Kier molecular flexibility index (Phi) is 18.4. The van der Waals surface area contributed by atoms with Gasteiger partial charge in [-0.3, -0.25) is 19.2 Å². The van der Waals surface area contributed by atoms with Gasteiger partial charge in [-0.1, -0.05) is 79.1 Å². The van der Waals surface area contributed by atoms with E-state index >= 15 is 9.59 Å². The van der Waals surface area contributed by atoms with Crippen LogP contribution in [0, 0.1) is 0 Å². The van der Waals surface area contributed by atoms with E-state index in [2.05, 4.69) is 45.7 Å². The predicted molar refractivity (Wildman–Crippen MR) is 270 cm³/mol. The van der Waals surface area contributed by atoms with Crippen LogP contribution in [-0.4, -0.2) is 64.2 Å². The Morgan fingerprint density at radius 3 is 1.68 bits per heavy atom. The second-order valence-corrected chi connectivity index (χ2v) is 23.1. The fourth-order valence-corrected chi connectivity index (χ4v) is 11.9. The van der Waals surface area contributed by atoms with Crippen LogP contribution < -0.4 is 0 Å². The van der Waals surface area contributed by atoms with Gasteiger partial charge in [0.25, 0.3) is 17.7 Å². The Morgan fingerprint density at radius 1 is 0.662 bits per heavy atom. The minimum atomic E-state index is -1.11. The molecule has 0 unspecified atom stereocenters. The molecule has 0 saturated carbocycles. The van der Waals surface area contributed by atoms with Gasteiger partial charge in [0.2, 0.25) is 0 Å².